The van der Waals surface area contributed by atoms with Crippen LogP contribution in [-0.4, -0.2) is 37.2 Å². The van der Waals surface area contributed by atoms with E-state index in [0.29, 0.717) is 29.1 Å². The molecule has 6 nitrogen and oxygen atoms in total. The summed E-state index contributed by atoms with van der Waals surface area (Å²) >= 11 is 0. The van der Waals surface area contributed by atoms with E-state index in [9.17, 15) is 18.0 Å². The van der Waals surface area contributed by atoms with E-state index in [1.807, 2.05) is 25.3 Å². The van der Waals surface area contributed by atoms with Crippen LogP contribution >= 0.6 is 0 Å². The van der Waals surface area contributed by atoms with E-state index < -0.39 is 17.4 Å². The predicted octanol–water partition coefficient (Wildman–Crippen LogP) is 6.23. The molecule has 1 saturated heterocycles. The lowest BCUT2D eigenvalue weighted by atomic mass is 9.54. The third-order valence-corrected chi connectivity index (χ3v) is 9.57. The van der Waals surface area contributed by atoms with Crippen LogP contribution in [0.3, 0.4) is 0 Å². The molecule has 0 radical (unpaired) electrons. The molecule has 2 aliphatic carbocycles. The third kappa shape index (κ3) is 4.12. The SMILES string of the molecule is Cc1cn[nH]c1C1(c2cccc(-n3cc4c(C(F)(F)F)cc(CN5CCC[C@H](C)C5)cn4c3=O)c2)CC2(CC2)C1. The molecule has 210 valence electrons. The molecule has 7 rings (SSSR count). The quantitative estimate of drug-likeness (QED) is 0.321. The number of imidazole rings is 1. The predicted molar refractivity (Wildman–Crippen MR) is 147 cm³/mol. The van der Waals surface area contributed by atoms with Gasteiger partial charge in [0.25, 0.3) is 0 Å². The van der Waals surface area contributed by atoms with Gasteiger partial charge in [0.1, 0.15) is 0 Å². The second-order valence-corrected chi connectivity index (χ2v) is 12.7. The van der Waals surface area contributed by atoms with Crippen LogP contribution in [-0.2, 0) is 18.1 Å². The monoisotopic (exact) mass is 549 g/mol. The highest BCUT2D eigenvalue weighted by Gasteiger charge is 2.62. The van der Waals surface area contributed by atoms with E-state index in [4.69, 9.17) is 0 Å². The summed E-state index contributed by atoms with van der Waals surface area (Å²) in [5.74, 6) is 0.509. The molecule has 0 bridgehead atoms. The number of nitrogens with zero attached hydrogens (tertiary/aromatic N) is 4. The highest BCUT2D eigenvalue weighted by molar-refractivity contribution is 5.58. The van der Waals surface area contributed by atoms with Crippen molar-refractivity contribution in [2.24, 2.45) is 11.3 Å². The molecule has 3 aliphatic rings. The van der Waals surface area contributed by atoms with Gasteiger partial charge in [0.05, 0.1) is 23.0 Å². The van der Waals surface area contributed by atoms with E-state index >= 15 is 0 Å². The van der Waals surface area contributed by atoms with Crippen molar-refractivity contribution in [1.82, 2.24) is 24.1 Å². The van der Waals surface area contributed by atoms with Crippen LogP contribution in [0.1, 0.15) is 73.4 Å². The Morgan fingerprint density at radius 2 is 1.95 bits per heavy atom. The molecule has 1 aromatic carbocycles. The summed E-state index contributed by atoms with van der Waals surface area (Å²) < 4.78 is 45.4. The van der Waals surface area contributed by atoms with Crippen LogP contribution in [0.2, 0.25) is 0 Å². The lowest BCUT2D eigenvalue weighted by Gasteiger charge is -2.49. The summed E-state index contributed by atoms with van der Waals surface area (Å²) in [6.07, 6.45) is 6.82. The first-order chi connectivity index (χ1) is 19.1. The zero-order chi connectivity index (χ0) is 27.9. The number of fused-ring (bicyclic) bond motifs is 1. The number of H-pyrrole nitrogens is 1. The molecule has 4 heterocycles. The summed E-state index contributed by atoms with van der Waals surface area (Å²) in [5.41, 5.74) is 3.08. The maximum atomic E-state index is 14.3. The Kier molecular flexibility index (Phi) is 5.66. The van der Waals surface area contributed by atoms with E-state index in [0.717, 1.165) is 55.6 Å². The lowest BCUT2D eigenvalue weighted by molar-refractivity contribution is -0.136. The Hall–Kier alpha value is -3.33. The number of rotatable bonds is 5. The maximum absolute atomic E-state index is 14.3. The second-order valence-electron chi connectivity index (χ2n) is 12.7. The largest absolute Gasteiger partial charge is 0.418 e. The van der Waals surface area contributed by atoms with Crippen molar-refractivity contribution in [3.63, 3.8) is 0 Å². The summed E-state index contributed by atoms with van der Waals surface area (Å²) in [5, 5.41) is 7.50. The first-order valence-electron chi connectivity index (χ1n) is 14.2. The molecule has 1 atom stereocenters. The normalized spacial score (nSPS) is 22.1. The van der Waals surface area contributed by atoms with E-state index in [1.165, 1.54) is 34.1 Å². The van der Waals surface area contributed by atoms with E-state index in [-0.39, 0.29) is 10.9 Å². The number of aryl methyl sites for hydroxylation is 1. The molecule has 1 aliphatic heterocycles. The average molecular weight is 550 g/mol. The van der Waals surface area contributed by atoms with Crippen LogP contribution in [0.15, 0.2) is 53.7 Å². The van der Waals surface area contributed by atoms with Gasteiger partial charge in [-0.05, 0) is 98.2 Å². The minimum absolute atomic E-state index is 0.127. The van der Waals surface area contributed by atoms with E-state index in [1.54, 1.807) is 12.3 Å². The number of likely N-dealkylation sites (tertiary alicyclic amines) is 1. The van der Waals surface area contributed by atoms with Crippen molar-refractivity contribution in [2.45, 2.75) is 70.5 Å². The van der Waals surface area contributed by atoms with Crippen LogP contribution in [0.5, 0.6) is 0 Å². The summed E-state index contributed by atoms with van der Waals surface area (Å²) in [7, 11) is 0. The zero-order valence-electron chi connectivity index (χ0n) is 22.9. The fourth-order valence-electron chi connectivity index (χ4n) is 7.50. The number of piperidine rings is 1. The average Bonchev–Trinajstić information content (AvgIpc) is 3.46. The van der Waals surface area contributed by atoms with Crippen molar-refractivity contribution >= 4 is 5.52 Å². The van der Waals surface area contributed by atoms with Gasteiger partial charge < -0.3 is 0 Å². The molecule has 3 fully saturated rings. The summed E-state index contributed by atoms with van der Waals surface area (Å²) in [6, 6.07) is 8.96. The topological polar surface area (TPSA) is 58.3 Å². The lowest BCUT2D eigenvalue weighted by Crippen LogP contribution is -2.44. The number of pyridine rings is 1. The Balaban J connectivity index is 1.31. The molecule has 9 heteroatoms. The van der Waals surface area contributed by atoms with Gasteiger partial charge in [-0.3, -0.25) is 19.0 Å². The van der Waals surface area contributed by atoms with Gasteiger partial charge in [0, 0.05) is 36.6 Å². The van der Waals surface area contributed by atoms with Crippen molar-refractivity contribution < 1.29 is 13.2 Å². The summed E-state index contributed by atoms with van der Waals surface area (Å²) in [4.78, 5) is 15.9. The van der Waals surface area contributed by atoms with Gasteiger partial charge in [-0.15, -0.1) is 0 Å². The van der Waals surface area contributed by atoms with E-state index in [2.05, 4.69) is 28.1 Å². The van der Waals surface area contributed by atoms with Gasteiger partial charge >= 0.3 is 11.9 Å². The Morgan fingerprint density at radius 1 is 1.15 bits per heavy atom. The highest BCUT2D eigenvalue weighted by Crippen LogP contribution is 2.70. The molecule has 1 spiro atoms. The smallest absolute Gasteiger partial charge is 0.299 e. The maximum Gasteiger partial charge on any atom is 0.418 e. The molecular formula is C31H34F3N5O. The number of halogens is 3. The molecular weight excluding hydrogens is 515 g/mol. The molecule has 3 aromatic heterocycles. The van der Waals surface area contributed by atoms with Crippen LogP contribution in [0, 0.1) is 18.3 Å². The van der Waals surface area contributed by atoms with Crippen molar-refractivity contribution in [1.29, 1.82) is 0 Å². The van der Waals surface area contributed by atoms with Gasteiger partial charge in [-0.1, -0.05) is 19.1 Å². The molecule has 0 unspecified atom stereocenters. The number of nitrogens with one attached hydrogen (secondary N) is 1. The number of aromatic amines is 1. The van der Waals surface area contributed by atoms with Gasteiger partial charge in [0.2, 0.25) is 0 Å². The number of aromatic nitrogens is 4. The summed E-state index contributed by atoms with van der Waals surface area (Å²) in [6.45, 7) is 6.31. The Morgan fingerprint density at radius 3 is 2.62 bits per heavy atom. The number of benzene rings is 1. The minimum atomic E-state index is -4.58. The van der Waals surface area contributed by atoms with Crippen LogP contribution in [0.25, 0.3) is 11.2 Å². The fourth-order valence-corrected chi connectivity index (χ4v) is 7.50. The van der Waals surface area contributed by atoms with Crippen molar-refractivity contribution in [2.75, 3.05) is 13.1 Å². The molecule has 0 amide bonds. The van der Waals surface area contributed by atoms with Crippen LogP contribution < -0.4 is 5.69 Å². The fraction of sp³-hybridized carbons (Fsp3) is 0.484. The molecule has 40 heavy (non-hydrogen) atoms. The molecule has 4 aromatic rings. The van der Waals surface area contributed by atoms with Crippen molar-refractivity contribution in [3.05, 3.63) is 87.4 Å². The minimum Gasteiger partial charge on any atom is -0.299 e. The van der Waals surface area contributed by atoms with Gasteiger partial charge in [-0.25, -0.2) is 4.79 Å². The number of alkyl halides is 3. The van der Waals surface area contributed by atoms with Gasteiger partial charge in [0.15, 0.2) is 0 Å². The number of hydrogen-bond acceptors (Lipinski definition) is 3. The van der Waals surface area contributed by atoms with Gasteiger partial charge in [-0.2, -0.15) is 18.3 Å². The first-order valence-corrected chi connectivity index (χ1v) is 14.2. The molecule has 2 saturated carbocycles. The number of hydrogen-bond donors (Lipinski definition) is 1. The third-order valence-electron chi connectivity index (χ3n) is 9.57. The van der Waals surface area contributed by atoms with Crippen LogP contribution in [0.4, 0.5) is 13.2 Å². The first kappa shape index (κ1) is 25.6. The second kappa shape index (κ2) is 8.83. The van der Waals surface area contributed by atoms with Crippen molar-refractivity contribution in [3.8, 4) is 5.69 Å². The highest BCUT2D eigenvalue weighted by atomic mass is 19.4. The Labute approximate surface area is 230 Å². The standard InChI is InChI=1S/C31H34F3N5O/c1-20-5-4-10-37(14-20)15-22-11-25(31(32,33)34)26-17-38(28(40)39(26)16-22)24-7-3-6-23(12-24)30(18-29(19-30)8-9-29)27-21(2)13-35-36-27/h3,6-7,11-13,16-17,20H,4-5,8-10,14-15,18-19H2,1-2H3,(H,35,36)/t20-/m0/s1. The molecule has 1 N–H and O–H groups in total. The Bertz CT molecular complexity index is 1650. The zero-order valence-corrected chi connectivity index (χ0v) is 22.9.